The smallest absolute Gasteiger partial charge is 0.0589 e. The summed E-state index contributed by atoms with van der Waals surface area (Å²) in [6, 6.07) is 7.89. The van der Waals surface area contributed by atoms with Gasteiger partial charge in [-0.2, -0.15) is 0 Å². The van der Waals surface area contributed by atoms with E-state index in [1.165, 1.54) is 19.3 Å². The average molecular weight is 301 g/mol. The van der Waals surface area contributed by atoms with Gasteiger partial charge in [-0.3, -0.25) is 4.21 Å². The molecule has 0 aliphatic heterocycles. The highest BCUT2D eigenvalue weighted by atomic mass is 79.9. The molecule has 0 amide bonds. The Hall–Kier alpha value is -0.150. The number of rotatable bonds is 2. The summed E-state index contributed by atoms with van der Waals surface area (Å²) >= 11 is 3.41. The van der Waals surface area contributed by atoms with E-state index in [0.29, 0.717) is 0 Å². The molecule has 1 nitrogen and oxygen atoms in total. The number of hydrogen-bond donors (Lipinski definition) is 0. The van der Waals surface area contributed by atoms with E-state index >= 15 is 0 Å². The predicted molar refractivity (Wildman–Crippen MR) is 72.0 cm³/mol. The summed E-state index contributed by atoms with van der Waals surface area (Å²) in [6.45, 7) is 2.17. The van der Waals surface area contributed by atoms with Crippen LogP contribution in [0.5, 0.6) is 0 Å². The van der Waals surface area contributed by atoms with Crippen LogP contribution in [-0.2, 0) is 10.8 Å². The lowest BCUT2D eigenvalue weighted by Gasteiger charge is -2.32. The molecule has 1 saturated carbocycles. The Morgan fingerprint density at radius 1 is 1.12 bits per heavy atom. The molecule has 88 valence electrons. The summed E-state index contributed by atoms with van der Waals surface area (Å²) in [7, 11) is -0.865. The van der Waals surface area contributed by atoms with Gasteiger partial charge in [0.05, 0.1) is 10.8 Å². The Morgan fingerprint density at radius 2 is 1.69 bits per heavy atom. The summed E-state index contributed by atoms with van der Waals surface area (Å²) in [5.41, 5.74) is 0. The van der Waals surface area contributed by atoms with Crippen LogP contribution >= 0.6 is 15.9 Å². The first-order valence-electron chi connectivity index (χ1n) is 5.79. The molecule has 3 heteroatoms. The van der Waals surface area contributed by atoms with Crippen LogP contribution in [0.4, 0.5) is 0 Å². The maximum Gasteiger partial charge on any atom is 0.0589 e. The predicted octanol–water partition coefficient (Wildman–Crippen LogP) is 4.28. The Morgan fingerprint density at radius 3 is 2.25 bits per heavy atom. The van der Waals surface area contributed by atoms with E-state index in [1.807, 2.05) is 24.3 Å². The van der Waals surface area contributed by atoms with Gasteiger partial charge < -0.3 is 0 Å². The second-order valence-corrected chi connectivity index (χ2v) is 7.64. The van der Waals surface area contributed by atoms with Gasteiger partial charge >= 0.3 is 0 Å². The molecule has 1 aliphatic carbocycles. The van der Waals surface area contributed by atoms with Gasteiger partial charge in [0.2, 0.25) is 0 Å². The molecule has 0 saturated heterocycles. The lowest BCUT2D eigenvalue weighted by atomic mass is 9.90. The van der Waals surface area contributed by atoms with E-state index in [4.69, 9.17) is 0 Å². The van der Waals surface area contributed by atoms with Crippen molar-refractivity contribution < 1.29 is 4.21 Å². The normalized spacial score (nSPS) is 21.6. The first-order chi connectivity index (χ1) is 7.62. The highest BCUT2D eigenvalue weighted by molar-refractivity contribution is 9.10. The second-order valence-electron chi connectivity index (χ2n) is 4.73. The minimum Gasteiger partial charge on any atom is -0.254 e. The van der Waals surface area contributed by atoms with E-state index in [0.717, 1.165) is 22.2 Å². The summed E-state index contributed by atoms with van der Waals surface area (Å²) in [6.07, 6.45) is 5.93. The van der Waals surface area contributed by atoms with Crippen LogP contribution in [0.2, 0.25) is 0 Å². The molecule has 0 N–H and O–H groups in total. The van der Waals surface area contributed by atoms with Gasteiger partial charge in [0.1, 0.15) is 0 Å². The Bertz CT molecular complexity index is 379. The highest BCUT2D eigenvalue weighted by Crippen LogP contribution is 2.36. The molecule has 0 aromatic heterocycles. The van der Waals surface area contributed by atoms with Crippen LogP contribution in [0.3, 0.4) is 0 Å². The molecule has 2 rings (SSSR count). The van der Waals surface area contributed by atoms with Gasteiger partial charge in [-0.1, -0.05) is 35.2 Å². The Labute approximate surface area is 108 Å². The topological polar surface area (TPSA) is 17.1 Å². The Kier molecular flexibility index (Phi) is 3.85. The molecule has 1 aromatic carbocycles. The van der Waals surface area contributed by atoms with Crippen molar-refractivity contribution in [2.45, 2.75) is 48.7 Å². The molecular weight excluding hydrogens is 284 g/mol. The molecule has 1 fully saturated rings. The van der Waals surface area contributed by atoms with Crippen molar-refractivity contribution in [1.29, 1.82) is 0 Å². The molecule has 16 heavy (non-hydrogen) atoms. The first kappa shape index (κ1) is 12.3. The molecule has 0 spiro atoms. The lowest BCUT2D eigenvalue weighted by Crippen LogP contribution is -2.33. The van der Waals surface area contributed by atoms with E-state index in [9.17, 15) is 4.21 Å². The zero-order valence-corrected chi connectivity index (χ0v) is 11.9. The minimum absolute atomic E-state index is 0.00786. The SMILES string of the molecule is CC1(S(=O)c2ccc(Br)cc2)CCCCC1. The van der Waals surface area contributed by atoms with E-state index < -0.39 is 10.8 Å². The molecular formula is C13H17BrOS. The van der Waals surface area contributed by atoms with E-state index in [2.05, 4.69) is 22.9 Å². The maximum absolute atomic E-state index is 12.5. The van der Waals surface area contributed by atoms with Gasteiger partial charge in [0, 0.05) is 14.1 Å². The fourth-order valence-electron chi connectivity index (χ4n) is 2.33. The summed E-state index contributed by atoms with van der Waals surface area (Å²) in [5, 5.41) is 0. The van der Waals surface area contributed by atoms with Gasteiger partial charge in [0.25, 0.3) is 0 Å². The zero-order valence-electron chi connectivity index (χ0n) is 9.54. The zero-order chi connectivity index (χ0) is 11.6. The van der Waals surface area contributed by atoms with Crippen molar-refractivity contribution in [1.82, 2.24) is 0 Å². The van der Waals surface area contributed by atoms with Crippen molar-refractivity contribution in [3.8, 4) is 0 Å². The third-order valence-corrected chi connectivity index (χ3v) is 5.92. The molecule has 0 bridgehead atoms. The number of benzene rings is 1. The van der Waals surface area contributed by atoms with Crippen molar-refractivity contribution >= 4 is 26.7 Å². The van der Waals surface area contributed by atoms with E-state index in [1.54, 1.807) is 0 Å². The lowest BCUT2D eigenvalue weighted by molar-refractivity contribution is 0.410. The van der Waals surface area contributed by atoms with Crippen LogP contribution in [0.1, 0.15) is 39.0 Å². The molecule has 0 radical (unpaired) electrons. The van der Waals surface area contributed by atoms with Crippen molar-refractivity contribution in [2.75, 3.05) is 0 Å². The summed E-state index contributed by atoms with van der Waals surface area (Å²) in [4.78, 5) is 0.965. The number of hydrogen-bond acceptors (Lipinski definition) is 1. The monoisotopic (exact) mass is 300 g/mol. The van der Waals surface area contributed by atoms with Gasteiger partial charge in [-0.05, 0) is 44.0 Å². The minimum atomic E-state index is -0.865. The Balaban J connectivity index is 2.20. The van der Waals surface area contributed by atoms with Gasteiger partial charge in [0.15, 0.2) is 0 Å². The van der Waals surface area contributed by atoms with Crippen molar-refractivity contribution in [2.24, 2.45) is 0 Å². The maximum atomic E-state index is 12.5. The largest absolute Gasteiger partial charge is 0.254 e. The number of halogens is 1. The molecule has 1 aromatic rings. The van der Waals surface area contributed by atoms with Crippen molar-refractivity contribution in [3.63, 3.8) is 0 Å². The van der Waals surface area contributed by atoms with Gasteiger partial charge in [-0.15, -0.1) is 0 Å². The van der Waals surface area contributed by atoms with E-state index in [-0.39, 0.29) is 4.75 Å². The standard InChI is InChI=1S/C13H17BrOS/c1-13(9-3-2-4-10-13)16(15)12-7-5-11(14)6-8-12/h5-8H,2-4,9-10H2,1H3. The van der Waals surface area contributed by atoms with Crippen LogP contribution in [0.15, 0.2) is 33.6 Å². The molecule has 0 heterocycles. The quantitative estimate of drug-likeness (QED) is 0.797. The van der Waals surface area contributed by atoms with Crippen molar-refractivity contribution in [3.05, 3.63) is 28.7 Å². The fourth-order valence-corrected chi connectivity index (χ4v) is 4.20. The summed E-state index contributed by atoms with van der Waals surface area (Å²) in [5.74, 6) is 0. The van der Waals surface area contributed by atoms with Crippen LogP contribution in [0, 0.1) is 0 Å². The fraction of sp³-hybridized carbons (Fsp3) is 0.538. The van der Waals surface area contributed by atoms with Crippen LogP contribution < -0.4 is 0 Å². The van der Waals surface area contributed by atoms with Crippen LogP contribution in [0.25, 0.3) is 0 Å². The molecule has 1 unspecified atom stereocenters. The first-order valence-corrected chi connectivity index (χ1v) is 7.74. The highest BCUT2D eigenvalue weighted by Gasteiger charge is 2.33. The molecule has 1 atom stereocenters. The van der Waals surface area contributed by atoms with Gasteiger partial charge in [-0.25, -0.2) is 0 Å². The second kappa shape index (κ2) is 5.01. The molecule has 1 aliphatic rings. The average Bonchev–Trinajstić information content (AvgIpc) is 2.30. The van der Waals surface area contributed by atoms with Crippen LogP contribution in [-0.4, -0.2) is 8.96 Å². The summed E-state index contributed by atoms with van der Waals surface area (Å²) < 4.78 is 13.6. The third-order valence-electron chi connectivity index (χ3n) is 3.39. The third kappa shape index (κ3) is 2.57.